The van der Waals surface area contributed by atoms with Gasteiger partial charge in [0.1, 0.15) is 11.5 Å². The number of para-hydroxylation sites is 1. The fourth-order valence-corrected chi connectivity index (χ4v) is 2.14. The maximum absolute atomic E-state index is 12.1. The number of nitrogens with one attached hydrogen (secondary N) is 2. The Morgan fingerprint density at radius 2 is 1.69 bits per heavy atom. The minimum absolute atomic E-state index is 0.137. The third-order valence-corrected chi connectivity index (χ3v) is 3.55. The van der Waals surface area contributed by atoms with Gasteiger partial charge in [0, 0.05) is 6.04 Å². The fraction of sp³-hybridized carbons (Fsp3) is 0.211. The summed E-state index contributed by atoms with van der Waals surface area (Å²) in [6, 6.07) is 15.1. The number of benzene rings is 2. The third-order valence-electron chi connectivity index (χ3n) is 3.55. The number of rotatable bonds is 6. The standard InChI is InChI=1S/C19H18N2O5/c22-17(21-19(24)20-14-9-10-14)12-25-18(23)13-5-4-8-16(11-13)26-15-6-2-1-3-7-15/h1-8,11,14H,9-10,12H2,(H2,20,21,22,24). The molecule has 26 heavy (non-hydrogen) atoms. The van der Waals surface area contributed by atoms with E-state index in [0.29, 0.717) is 11.5 Å². The molecule has 3 amide bonds. The second kappa shape index (κ2) is 8.15. The van der Waals surface area contributed by atoms with Gasteiger partial charge in [-0.3, -0.25) is 10.1 Å². The van der Waals surface area contributed by atoms with Crippen LogP contribution in [0.15, 0.2) is 54.6 Å². The van der Waals surface area contributed by atoms with Crippen molar-refractivity contribution in [1.29, 1.82) is 0 Å². The lowest BCUT2D eigenvalue weighted by Gasteiger charge is -2.08. The molecule has 2 N–H and O–H groups in total. The predicted octanol–water partition coefficient (Wildman–Crippen LogP) is 2.62. The summed E-state index contributed by atoms with van der Waals surface area (Å²) in [6.45, 7) is -0.541. The lowest BCUT2D eigenvalue weighted by molar-refractivity contribution is -0.123. The molecular weight excluding hydrogens is 336 g/mol. The van der Waals surface area contributed by atoms with Gasteiger partial charge in [0.2, 0.25) is 0 Å². The minimum atomic E-state index is -0.687. The van der Waals surface area contributed by atoms with Gasteiger partial charge in [-0.15, -0.1) is 0 Å². The average Bonchev–Trinajstić information content (AvgIpc) is 3.44. The predicted molar refractivity (Wildman–Crippen MR) is 92.9 cm³/mol. The van der Waals surface area contributed by atoms with E-state index in [1.54, 1.807) is 30.3 Å². The van der Waals surface area contributed by atoms with E-state index in [1.165, 1.54) is 6.07 Å². The lowest BCUT2D eigenvalue weighted by Crippen LogP contribution is -2.42. The zero-order valence-electron chi connectivity index (χ0n) is 13.9. The highest BCUT2D eigenvalue weighted by atomic mass is 16.5. The maximum atomic E-state index is 12.1. The molecule has 0 spiro atoms. The topological polar surface area (TPSA) is 93.7 Å². The Balaban J connectivity index is 1.50. The molecule has 1 aliphatic carbocycles. The first-order valence-corrected chi connectivity index (χ1v) is 8.20. The van der Waals surface area contributed by atoms with E-state index < -0.39 is 24.5 Å². The van der Waals surface area contributed by atoms with Gasteiger partial charge in [0.05, 0.1) is 5.56 Å². The molecule has 1 fully saturated rings. The lowest BCUT2D eigenvalue weighted by atomic mass is 10.2. The van der Waals surface area contributed by atoms with E-state index in [9.17, 15) is 14.4 Å². The summed E-state index contributed by atoms with van der Waals surface area (Å²) >= 11 is 0. The molecule has 0 aromatic heterocycles. The van der Waals surface area contributed by atoms with E-state index >= 15 is 0 Å². The molecule has 0 atom stereocenters. The normalized spacial score (nSPS) is 12.8. The molecule has 134 valence electrons. The molecule has 0 saturated heterocycles. The Bertz CT molecular complexity index is 803. The van der Waals surface area contributed by atoms with Crippen LogP contribution in [-0.4, -0.2) is 30.6 Å². The second-order valence-electron chi connectivity index (χ2n) is 5.81. The largest absolute Gasteiger partial charge is 0.457 e. The van der Waals surface area contributed by atoms with Crippen LogP contribution in [0.25, 0.3) is 0 Å². The van der Waals surface area contributed by atoms with E-state index in [1.807, 2.05) is 18.2 Å². The van der Waals surface area contributed by atoms with Crippen molar-refractivity contribution in [1.82, 2.24) is 10.6 Å². The molecule has 0 unspecified atom stereocenters. The third kappa shape index (κ3) is 5.34. The first kappa shape index (κ1) is 17.5. The Kier molecular flexibility index (Phi) is 5.48. The molecule has 2 aromatic carbocycles. The van der Waals surface area contributed by atoms with Crippen LogP contribution in [0.2, 0.25) is 0 Å². The Labute approximate surface area is 150 Å². The highest BCUT2D eigenvalue weighted by Crippen LogP contribution is 2.22. The SMILES string of the molecule is O=C(COC(=O)c1cccc(Oc2ccccc2)c1)NC(=O)NC1CC1. The van der Waals surface area contributed by atoms with Crippen molar-refractivity contribution in [3.05, 3.63) is 60.2 Å². The van der Waals surface area contributed by atoms with Crippen LogP contribution in [0.5, 0.6) is 11.5 Å². The second-order valence-corrected chi connectivity index (χ2v) is 5.81. The number of ether oxygens (including phenoxy) is 2. The number of urea groups is 1. The van der Waals surface area contributed by atoms with E-state index in [-0.39, 0.29) is 11.6 Å². The van der Waals surface area contributed by atoms with Gasteiger partial charge in [0.15, 0.2) is 6.61 Å². The van der Waals surface area contributed by atoms with Gasteiger partial charge in [-0.1, -0.05) is 24.3 Å². The average molecular weight is 354 g/mol. The molecular formula is C19H18N2O5. The van der Waals surface area contributed by atoms with Crippen LogP contribution in [0.3, 0.4) is 0 Å². The number of imide groups is 1. The molecule has 0 aliphatic heterocycles. The van der Waals surface area contributed by atoms with Crippen molar-refractivity contribution < 1.29 is 23.9 Å². The molecule has 1 aliphatic rings. The summed E-state index contributed by atoms with van der Waals surface area (Å²) in [6.07, 6.45) is 1.83. The first-order chi connectivity index (χ1) is 12.6. The number of hydrogen-bond acceptors (Lipinski definition) is 5. The van der Waals surface area contributed by atoms with Crippen molar-refractivity contribution in [2.45, 2.75) is 18.9 Å². The molecule has 2 aromatic rings. The molecule has 0 radical (unpaired) electrons. The van der Waals surface area contributed by atoms with Gasteiger partial charge in [-0.25, -0.2) is 9.59 Å². The van der Waals surface area contributed by atoms with Gasteiger partial charge < -0.3 is 14.8 Å². The number of esters is 1. The summed E-state index contributed by atoms with van der Waals surface area (Å²) in [7, 11) is 0. The summed E-state index contributed by atoms with van der Waals surface area (Å²) in [5.74, 6) is -0.257. The smallest absolute Gasteiger partial charge is 0.338 e. The molecule has 1 saturated carbocycles. The van der Waals surface area contributed by atoms with Crippen molar-refractivity contribution in [2.75, 3.05) is 6.61 Å². The highest BCUT2D eigenvalue weighted by Gasteiger charge is 2.24. The summed E-state index contributed by atoms with van der Waals surface area (Å²) in [5, 5.41) is 4.72. The molecule has 0 bridgehead atoms. The Morgan fingerprint density at radius 3 is 2.42 bits per heavy atom. The van der Waals surface area contributed by atoms with Crippen molar-refractivity contribution in [3.63, 3.8) is 0 Å². The van der Waals surface area contributed by atoms with Crippen molar-refractivity contribution in [3.8, 4) is 11.5 Å². The van der Waals surface area contributed by atoms with E-state index in [4.69, 9.17) is 9.47 Å². The monoisotopic (exact) mass is 354 g/mol. The van der Waals surface area contributed by atoms with Crippen LogP contribution in [-0.2, 0) is 9.53 Å². The number of amides is 3. The quantitative estimate of drug-likeness (QED) is 0.778. The molecule has 7 heteroatoms. The zero-order valence-corrected chi connectivity index (χ0v) is 13.9. The maximum Gasteiger partial charge on any atom is 0.338 e. The van der Waals surface area contributed by atoms with Gasteiger partial charge >= 0.3 is 12.0 Å². The number of carbonyl (C=O) groups is 3. The Morgan fingerprint density at radius 1 is 0.962 bits per heavy atom. The number of hydrogen-bond donors (Lipinski definition) is 2. The Hall–Kier alpha value is -3.35. The van der Waals surface area contributed by atoms with Crippen LogP contribution in [0.1, 0.15) is 23.2 Å². The highest BCUT2D eigenvalue weighted by molar-refractivity contribution is 5.97. The van der Waals surface area contributed by atoms with Crippen LogP contribution in [0, 0.1) is 0 Å². The van der Waals surface area contributed by atoms with Crippen molar-refractivity contribution in [2.24, 2.45) is 0 Å². The molecule has 3 rings (SSSR count). The van der Waals surface area contributed by atoms with Crippen molar-refractivity contribution >= 4 is 17.9 Å². The zero-order chi connectivity index (χ0) is 18.4. The summed E-state index contributed by atoms with van der Waals surface area (Å²) in [4.78, 5) is 35.1. The fourth-order valence-electron chi connectivity index (χ4n) is 2.14. The van der Waals surface area contributed by atoms with Gasteiger partial charge in [0.25, 0.3) is 5.91 Å². The van der Waals surface area contributed by atoms with E-state index in [2.05, 4.69) is 10.6 Å². The minimum Gasteiger partial charge on any atom is -0.457 e. The molecule has 7 nitrogen and oxygen atoms in total. The van der Waals surface area contributed by atoms with E-state index in [0.717, 1.165) is 12.8 Å². The van der Waals surface area contributed by atoms with Crippen LogP contribution in [0.4, 0.5) is 4.79 Å². The first-order valence-electron chi connectivity index (χ1n) is 8.20. The van der Waals surface area contributed by atoms with Gasteiger partial charge in [-0.05, 0) is 43.2 Å². The summed E-state index contributed by atoms with van der Waals surface area (Å²) in [5.41, 5.74) is 0.244. The van der Waals surface area contributed by atoms with Gasteiger partial charge in [-0.2, -0.15) is 0 Å². The van der Waals surface area contributed by atoms with Crippen LogP contribution >= 0.6 is 0 Å². The van der Waals surface area contributed by atoms with Crippen LogP contribution < -0.4 is 15.4 Å². The number of carbonyl (C=O) groups excluding carboxylic acids is 3. The molecule has 0 heterocycles. The summed E-state index contributed by atoms with van der Waals surface area (Å²) < 4.78 is 10.6.